The summed E-state index contributed by atoms with van der Waals surface area (Å²) in [6.45, 7) is 10.3. The van der Waals surface area contributed by atoms with Gasteiger partial charge in [0.2, 0.25) is 5.88 Å². The zero-order chi connectivity index (χ0) is 27.4. The number of nitrogens with zero attached hydrogens (tertiary/aromatic N) is 5. The number of ether oxygens (including phenoxy) is 2. The van der Waals surface area contributed by atoms with Crippen LogP contribution < -0.4 is 14.4 Å². The molecule has 1 N–H and O–H groups in total. The van der Waals surface area contributed by atoms with Crippen LogP contribution in [-0.4, -0.2) is 85.4 Å². The molecule has 0 aliphatic carbocycles. The first-order valence-corrected chi connectivity index (χ1v) is 14.2. The second-order valence-corrected chi connectivity index (χ2v) is 11.2. The molecule has 4 heterocycles. The van der Waals surface area contributed by atoms with Gasteiger partial charge in [0, 0.05) is 62.3 Å². The fourth-order valence-corrected chi connectivity index (χ4v) is 5.92. The number of aromatic nitrogens is 2. The number of benzene rings is 1. The van der Waals surface area contributed by atoms with Gasteiger partial charge >= 0.3 is 0 Å². The Labute approximate surface area is 234 Å². The van der Waals surface area contributed by atoms with Gasteiger partial charge in [-0.15, -0.1) is 0 Å². The lowest BCUT2D eigenvalue weighted by Gasteiger charge is -2.42. The highest BCUT2D eigenvalue weighted by Crippen LogP contribution is 2.33. The van der Waals surface area contributed by atoms with Crippen LogP contribution in [0.5, 0.6) is 5.88 Å². The third-order valence-corrected chi connectivity index (χ3v) is 8.41. The maximum atomic E-state index is 15.3. The largest absolute Gasteiger partial charge is 0.480 e. The van der Waals surface area contributed by atoms with E-state index < -0.39 is 0 Å². The predicted molar refractivity (Wildman–Crippen MR) is 155 cm³/mol. The lowest BCUT2D eigenvalue weighted by molar-refractivity contribution is 0.0556. The van der Waals surface area contributed by atoms with Crippen LogP contribution in [0.1, 0.15) is 19.4 Å². The van der Waals surface area contributed by atoms with Gasteiger partial charge in [-0.05, 0) is 68.7 Å². The quantitative estimate of drug-likeness (QED) is 0.398. The number of halogens is 1. The molecular weight excluding hydrogens is 515 g/mol. The fraction of sp³-hybridized carbons (Fsp3) is 0.448. The number of rotatable bonds is 8. The summed E-state index contributed by atoms with van der Waals surface area (Å²) >= 11 is 1.41. The maximum absolute atomic E-state index is 15.3. The lowest BCUT2D eigenvalue weighted by atomic mass is 10.0. The van der Waals surface area contributed by atoms with Crippen LogP contribution in [0.2, 0.25) is 0 Å². The lowest BCUT2D eigenvalue weighted by Crippen LogP contribution is -2.54. The Kier molecular flexibility index (Phi) is 8.86. The zero-order valence-corrected chi connectivity index (χ0v) is 23.9. The van der Waals surface area contributed by atoms with Gasteiger partial charge in [0.25, 0.3) is 0 Å². The van der Waals surface area contributed by atoms with E-state index in [1.807, 2.05) is 30.5 Å². The first kappa shape index (κ1) is 27.6. The van der Waals surface area contributed by atoms with E-state index in [-0.39, 0.29) is 5.82 Å². The Balaban J connectivity index is 1.27. The molecule has 2 aliphatic rings. The number of methoxy groups -OCH3 is 1. The zero-order valence-electron chi connectivity index (χ0n) is 23.1. The topological polar surface area (TPSA) is 66.0 Å². The molecule has 0 radical (unpaired) electrons. The molecule has 2 unspecified atom stereocenters. The highest BCUT2D eigenvalue weighted by molar-refractivity contribution is 8.00. The number of morpholine rings is 1. The average molecular weight is 553 g/mol. The third-order valence-electron chi connectivity index (χ3n) is 7.56. The maximum Gasteiger partial charge on any atom is 0.229 e. The molecule has 5 rings (SSSR count). The minimum Gasteiger partial charge on any atom is -0.480 e. The van der Waals surface area contributed by atoms with E-state index >= 15 is 4.39 Å². The number of pyridine rings is 2. The Morgan fingerprint density at radius 1 is 1.08 bits per heavy atom. The van der Waals surface area contributed by atoms with Crippen molar-refractivity contribution in [3.63, 3.8) is 0 Å². The summed E-state index contributed by atoms with van der Waals surface area (Å²) in [5.41, 5.74) is 3.89. The Morgan fingerprint density at radius 2 is 1.85 bits per heavy atom. The number of likely N-dealkylation sites (N-methyl/N-ethyl adjacent to an activating group) is 1. The van der Waals surface area contributed by atoms with E-state index in [4.69, 9.17) is 9.47 Å². The molecule has 39 heavy (non-hydrogen) atoms. The van der Waals surface area contributed by atoms with E-state index in [1.54, 1.807) is 19.4 Å². The van der Waals surface area contributed by atoms with Crippen molar-refractivity contribution in [2.45, 2.75) is 37.4 Å². The Morgan fingerprint density at radius 3 is 2.56 bits per heavy atom. The van der Waals surface area contributed by atoms with Crippen molar-refractivity contribution in [1.82, 2.24) is 19.8 Å². The van der Waals surface area contributed by atoms with Crippen LogP contribution in [0.15, 0.2) is 53.7 Å². The fourth-order valence-electron chi connectivity index (χ4n) is 5.16. The van der Waals surface area contributed by atoms with Crippen molar-refractivity contribution < 1.29 is 13.9 Å². The Hall–Kier alpha value is -2.92. The molecule has 1 aromatic carbocycles. The summed E-state index contributed by atoms with van der Waals surface area (Å²) in [5.74, 6) is 0.286. The summed E-state index contributed by atoms with van der Waals surface area (Å²) in [5, 5.41) is 0. The molecule has 3 aromatic rings. The van der Waals surface area contributed by atoms with E-state index in [0.29, 0.717) is 42.4 Å². The highest BCUT2D eigenvalue weighted by atomic mass is 32.2. The van der Waals surface area contributed by atoms with Gasteiger partial charge in [-0.2, -0.15) is 0 Å². The summed E-state index contributed by atoms with van der Waals surface area (Å²) in [4.78, 5) is 16.9. The molecule has 208 valence electrons. The molecule has 0 spiro atoms. The molecule has 0 saturated carbocycles. The van der Waals surface area contributed by atoms with Gasteiger partial charge in [-0.1, -0.05) is 6.07 Å². The number of anilines is 2. The van der Waals surface area contributed by atoms with Crippen LogP contribution in [0.25, 0.3) is 11.3 Å². The smallest absolute Gasteiger partial charge is 0.229 e. The van der Waals surface area contributed by atoms with E-state index in [1.165, 1.54) is 11.9 Å². The first-order valence-electron chi connectivity index (χ1n) is 13.4. The van der Waals surface area contributed by atoms with Gasteiger partial charge in [0.15, 0.2) is 0 Å². The monoisotopic (exact) mass is 552 g/mol. The van der Waals surface area contributed by atoms with Crippen molar-refractivity contribution in [2.75, 3.05) is 63.2 Å². The number of nitrogens with one attached hydrogen (secondary N) is 1. The van der Waals surface area contributed by atoms with Crippen LogP contribution in [0.4, 0.5) is 15.8 Å². The van der Waals surface area contributed by atoms with Crippen molar-refractivity contribution in [2.24, 2.45) is 0 Å². The molecule has 8 nitrogen and oxygen atoms in total. The summed E-state index contributed by atoms with van der Waals surface area (Å²) in [6, 6.07) is 12.2. The molecular formula is C29H37FN6O2S. The predicted octanol–water partition coefficient (Wildman–Crippen LogP) is 4.77. The minimum absolute atomic E-state index is 0.260. The van der Waals surface area contributed by atoms with Gasteiger partial charge in [-0.25, -0.2) is 9.37 Å². The van der Waals surface area contributed by atoms with E-state index in [9.17, 15) is 0 Å². The second-order valence-electron chi connectivity index (χ2n) is 10.3. The van der Waals surface area contributed by atoms with Crippen LogP contribution in [0.3, 0.4) is 0 Å². The van der Waals surface area contributed by atoms with E-state index in [0.717, 1.165) is 54.6 Å². The SMILES string of the molecule is COc1ncc(N2CCOCC2)cc1SNc1ccnc(-c2ccc(CN3CC(C)N(C)C(C)C3)cc2F)c1. The summed E-state index contributed by atoms with van der Waals surface area (Å²) in [7, 11) is 3.79. The van der Waals surface area contributed by atoms with Crippen LogP contribution >= 0.6 is 11.9 Å². The van der Waals surface area contributed by atoms with Gasteiger partial charge < -0.3 is 19.1 Å². The molecule has 2 saturated heterocycles. The van der Waals surface area contributed by atoms with Crippen molar-refractivity contribution in [3.05, 3.63) is 60.2 Å². The Bertz CT molecular complexity index is 1260. The standard InChI is InChI=1S/C29H37FN6O2S/c1-20-17-35(18-21(2)34(20)3)19-22-5-6-25(26(30)13-22)27-14-23(7-8-31-27)33-39-28-15-24(16-32-29(28)37-4)36-9-11-38-12-10-36/h5-8,13-16,20-21H,9-12,17-19H2,1-4H3,(H,31,33). The molecule has 10 heteroatoms. The molecule has 2 aliphatic heterocycles. The average Bonchev–Trinajstić information content (AvgIpc) is 2.95. The van der Waals surface area contributed by atoms with Crippen LogP contribution in [-0.2, 0) is 11.3 Å². The summed E-state index contributed by atoms with van der Waals surface area (Å²) < 4.78 is 29.6. The van der Waals surface area contributed by atoms with Gasteiger partial charge in [0.1, 0.15) is 5.82 Å². The molecule has 2 fully saturated rings. The summed E-state index contributed by atoms with van der Waals surface area (Å²) in [6.07, 6.45) is 3.52. The number of hydrogen-bond donors (Lipinski definition) is 1. The van der Waals surface area contributed by atoms with E-state index in [2.05, 4.69) is 56.4 Å². The number of piperazine rings is 1. The molecule has 2 aromatic heterocycles. The van der Waals surface area contributed by atoms with Crippen molar-refractivity contribution in [3.8, 4) is 17.1 Å². The highest BCUT2D eigenvalue weighted by Gasteiger charge is 2.26. The van der Waals surface area contributed by atoms with Crippen molar-refractivity contribution in [1.29, 1.82) is 0 Å². The van der Waals surface area contributed by atoms with Gasteiger partial charge in [-0.3, -0.25) is 14.8 Å². The van der Waals surface area contributed by atoms with Crippen LogP contribution in [0, 0.1) is 5.82 Å². The molecule has 2 atom stereocenters. The minimum atomic E-state index is -0.260. The second kappa shape index (κ2) is 12.5. The molecule has 0 bridgehead atoms. The first-order chi connectivity index (χ1) is 18.9. The normalized spacial score (nSPS) is 20.7. The van der Waals surface area contributed by atoms with Gasteiger partial charge in [0.05, 0.1) is 42.8 Å². The third kappa shape index (κ3) is 6.63. The van der Waals surface area contributed by atoms with Crippen molar-refractivity contribution >= 4 is 23.3 Å². The number of hydrogen-bond acceptors (Lipinski definition) is 9. The molecule has 0 amide bonds.